The molecule has 0 saturated carbocycles. The van der Waals surface area contributed by atoms with Crippen LogP contribution in [-0.4, -0.2) is 12.5 Å². The molecule has 0 saturated heterocycles. The van der Waals surface area contributed by atoms with Crippen molar-refractivity contribution in [2.75, 3.05) is 11.9 Å². The van der Waals surface area contributed by atoms with Gasteiger partial charge in [0.15, 0.2) is 0 Å². The molecule has 100 valence electrons. The van der Waals surface area contributed by atoms with Gasteiger partial charge in [-0.3, -0.25) is 4.79 Å². The lowest BCUT2D eigenvalue weighted by Gasteiger charge is -2.28. The Kier molecular flexibility index (Phi) is 4.78. The molecule has 0 aliphatic carbocycles. The van der Waals surface area contributed by atoms with Crippen molar-refractivity contribution in [2.24, 2.45) is 11.1 Å². The summed E-state index contributed by atoms with van der Waals surface area (Å²) in [5.41, 5.74) is 4.73. The maximum Gasteiger partial charge on any atom is 0.231 e. The van der Waals surface area contributed by atoms with Gasteiger partial charge in [-0.05, 0) is 25.0 Å². The number of amides is 1. The molecule has 0 aromatic heterocycles. The summed E-state index contributed by atoms with van der Waals surface area (Å²) >= 11 is 0. The molecule has 5 heteroatoms. The lowest BCUT2D eigenvalue weighted by Crippen LogP contribution is -2.41. The van der Waals surface area contributed by atoms with Crippen LogP contribution < -0.4 is 11.1 Å². The maximum atomic E-state index is 13.4. The Balaban J connectivity index is 2.96. The molecule has 0 bridgehead atoms. The molecule has 0 aliphatic rings. The molecular weight excluding hydrogens is 238 g/mol. The van der Waals surface area contributed by atoms with Crippen LogP contribution in [0.15, 0.2) is 18.2 Å². The van der Waals surface area contributed by atoms with Crippen molar-refractivity contribution < 1.29 is 13.6 Å². The van der Waals surface area contributed by atoms with E-state index in [1.807, 2.05) is 13.8 Å². The highest BCUT2D eigenvalue weighted by molar-refractivity contribution is 5.95. The van der Waals surface area contributed by atoms with Crippen molar-refractivity contribution >= 4 is 11.6 Å². The SMILES string of the molecule is CCC(CC)(CN)C(=O)Nc1cc(F)ccc1F. The van der Waals surface area contributed by atoms with Crippen molar-refractivity contribution in [1.82, 2.24) is 0 Å². The van der Waals surface area contributed by atoms with Gasteiger partial charge in [0, 0.05) is 12.6 Å². The van der Waals surface area contributed by atoms with Gasteiger partial charge in [0.05, 0.1) is 11.1 Å². The molecule has 0 unspecified atom stereocenters. The number of carbonyl (C=O) groups is 1. The fraction of sp³-hybridized carbons (Fsp3) is 0.462. The second kappa shape index (κ2) is 5.91. The number of nitrogens with two attached hydrogens (primary N) is 1. The predicted octanol–water partition coefficient (Wildman–Crippen LogP) is 2.67. The van der Waals surface area contributed by atoms with E-state index in [9.17, 15) is 13.6 Å². The number of hydrogen-bond donors (Lipinski definition) is 2. The topological polar surface area (TPSA) is 55.1 Å². The maximum absolute atomic E-state index is 13.4. The van der Waals surface area contributed by atoms with E-state index in [2.05, 4.69) is 5.32 Å². The van der Waals surface area contributed by atoms with Gasteiger partial charge in [0.25, 0.3) is 0 Å². The Labute approximate surface area is 105 Å². The van der Waals surface area contributed by atoms with E-state index in [0.29, 0.717) is 12.8 Å². The zero-order valence-corrected chi connectivity index (χ0v) is 10.6. The van der Waals surface area contributed by atoms with Gasteiger partial charge < -0.3 is 11.1 Å². The Hall–Kier alpha value is -1.49. The summed E-state index contributed by atoms with van der Waals surface area (Å²) in [5.74, 6) is -1.64. The number of anilines is 1. The molecular formula is C13H18F2N2O. The molecule has 1 amide bonds. The van der Waals surface area contributed by atoms with Crippen LogP contribution in [0.1, 0.15) is 26.7 Å². The number of hydrogen-bond acceptors (Lipinski definition) is 2. The largest absolute Gasteiger partial charge is 0.329 e. The highest BCUT2D eigenvalue weighted by Crippen LogP contribution is 2.27. The van der Waals surface area contributed by atoms with Crippen molar-refractivity contribution in [2.45, 2.75) is 26.7 Å². The van der Waals surface area contributed by atoms with Crippen LogP contribution in [0.3, 0.4) is 0 Å². The Morgan fingerprint density at radius 3 is 2.44 bits per heavy atom. The zero-order valence-electron chi connectivity index (χ0n) is 10.6. The van der Waals surface area contributed by atoms with Crippen molar-refractivity contribution in [3.8, 4) is 0 Å². The number of carbonyl (C=O) groups excluding carboxylic acids is 1. The van der Waals surface area contributed by atoms with Gasteiger partial charge in [-0.15, -0.1) is 0 Å². The average Bonchev–Trinajstić information content (AvgIpc) is 2.37. The minimum Gasteiger partial charge on any atom is -0.329 e. The fourth-order valence-electron chi connectivity index (χ4n) is 1.80. The first-order valence-electron chi connectivity index (χ1n) is 5.95. The molecule has 0 fully saturated rings. The van der Waals surface area contributed by atoms with Crippen LogP contribution in [0, 0.1) is 17.0 Å². The third-order valence-corrected chi connectivity index (χ3v) is 3.40. The van der Waals surface area contributed by atoms with Crippen LogP contribution in [0.4, 0.5) is 14.5 Å². The van der Waals surface area contributed by atoms with E-state index in [0.717, 1.165) is 18.2 Å². The van der Waals surface area contributed by atoms with E-state index >= 15 is 0 Å². The van der Waals surface area contributed by atoms with Crippen LogP contribution in [0.5, 0.6) is 0 Å². The van der Waals surface area contributed by atoms with E-state index < -0.39 is 17.0 Å². The second-order valence-corrected chi connectivity index (χ2v) is 4.27. The first-order chi connectivity index (χ1) is 8.49. The fourth-order valence-corrected chi connectivity index (χ4v) is 1.80. The molecule has 0 aliphatic heterocycles. The van der Waals surface area contributed by atoms with E-state index in [-0.39, 0.29) is 18.1 Å². The van der Waals surface area contributed by atoms with E-state index in [4.69, 9.17) is 5.73 Å². The average molecular weight is 256 g/mol. The quantitative estimate of drug-likeness (QED) is 0.851. The molecule has 3 N–H and O–H groups in total. The van der Waals surface area contributed by atoms with Crippen LogP contribution >= 0.6 is 0 Å². The molecule has 3 nitrogen and oxygen atoms in total. The van der Waals surface area contributed by atoms with Crippen molar-refractivity contribution in [3.63, 3.8) is 0 Å². The zero-order chi connectivity index (χ0) is 13.8. The van der Waals surface area contributed by atoms with Crippen LogP contribution in [0.2, 0.25) is 0 Å². The standard InChI is InChI=1S/C13H18F2N2O/c1-3-13(4-2,8-16)12(18)17-11-7-9(14)5-6-10(11)15/h5-7H,3-4,8,16H2,1-2H3,(H,17,18). The van der Waals surface area contributed by atoms with Gasteiger partial charge in [-0.25, -0.2) is 8.78 Å². The molecule has 0 radical (unpaired) electrons. The summed E-state index contributed by atoms with van der Waals surface area (Å²) in [5, 5.41) is 2.41. The van der Waals surface area contributed by atoms with Gasteiger partial charge >= 0.3 is 0 Å². The number of nitrogens with one attached hydrogen (secondary N) is 1. The summed E-state index contributed by atoms with van der Waals surface area (Å²) in [7, 11) is 0. The predicted molar refractivity (Wildman–Crippen MR) is 67.1 cm³/mol. The van der Waals surface area contributed by atoms with Crippen LogP contribution in [-0.2, 0) is 4.79 Å². The van der Waals surface area contributed by atoms with E-state index in [1.54, 1.807) is 0 Å². The Morgan fingerprint density at radius 2 is 1.94 bits per heavy atom. The number of halogens is 2. The number of benzene rings is 1. The summed E-state index contributed by atoms with van der Waals surface area (Å²) in [6, 6.07) is 2.94. The van der Waals surface area contributed by atoms with Crippen LogP contribution in [0.25, 0.3) is 0 Å². The highest BCUT2D eigenvalue weighted by Gasteiger charge is 2.33. The first kappa shape index (κ1) is 14.6. The Bertz CT molecular complexity index is 423. The normalized spacial score (nSPS) is 11.4. The molecule has 1 rings (SSSR count). The summed E-state index contributed by atoms with van der Waals surface area (Å²) in [4.78, 5) is 12.1. The third kappa shape index (κ3) is 2.85. The molecule has 1 aromatic carbocycles. The molecule has 0 heterocycles. The smallest absolute Gasteiger partial charge is 0.231 e. The molecule has 0 atom stereocenters. The summed E-state index contributed by atoms with van der Waals surface area (Å²) in [6.07, 6.45) is 1.09. The van der Waals surface area contributed by atoms with Crippen molar-refractivity contribution in [3.05, 3.63) is 29.8 Å². The van der Waals surface area contributed by atoms with Crippen molar-refractivity contribution in [1.29, 1.82) is 0 Å². The second-order valence-electron chi connectivity index (χ2n) is 4.27. The van der Waals surface area contributed by atoms with E-state index in [1.165, 1.54) is 0 Å². The minimum atomic E-state index is -0.737. The van der Waals surface area contributed by atoms with Gasteiger partial charge in [-0.2, -0.15) is 0 Å². The first-order valence-corrected chi connectivity index (χ1v) is 5.95. The monoisotopic (exact) mass is 256 g/mol. The molecule has 1 aromatic rings. The number of rotatable bonds is 5. The Morgan fingerprint density at radius 1 is 1.33 bits per heavy atom. The molecule has 0 spiro atoms. The van der Waals surface area contributed by atoms with Gasteiger partial charge in [0.1, 0.15) is 11.6 Å². The molecule has 18 heavy (non-hydrogen) atoms. The van der Waals surface area contributed by atoms with Gasteiger partial charge in [-0.1, -0.05) is 13.8 Å². The lowest BCUT2D eigenvalue weighted by molar-refractivity contribution is -0.125. The summed E-state index contributed by atoms with van der Waals surface area (Å²) in [6.45, 7) is 3.86. The minimum absolute atomic E-state index is 0.153. The lowest BCUT2D eigenvalue weighted by atomic mass is 9.81. The van der Waals surface area contributed by atoms with Gasteiger partial charge in [0.2, 0.25) is 5.91 Å². The summed E-state index contributed by atoms with van der Waals surface area (Å²) < 4.78 is 26.4. The highest BCUT2D eigenvalue weighted by atomic mass is 19.1. The third-order valence-electron chi connectivity index (χ3n) is 3.40.